The first-order valence-electron chi connectivity index (χ1n) is 11.3. The highest BCUT2D eigenvalue weighted by Crippen LogP contribution is 2.37. The zero-order chi connectivity index (χ0) is 25.9. The van der Waals surface area contributed by atoms with Crippen LogP contribution in [0.4, 0.5) is 9.18 Å². The first-order valence-corrected chi connectivity index (χ1v) is 12.5. The molecule has 0 radical (unpaired) electrons. The van der Waals surface area contributed by atoms with E-state index in [1.54, 1.807) is 31.2 Å². The van der Waals surface area contributed by atoms with Crippen molar-refractivity contribution in [2.45, 2.75) is 13.5 Å². The molecule has 0 atom stereocenters. The summed E-state index contributed by atoms with van der Waals surface area (Å²) in [7, 11) is 0. The Labute approximate surface area is 220 Å². The van der Waals surface area contributed by atoms with Crippen LogP contribution in [0.3, 0.4) is 0 Å². The van der Waals surface area contributed by atoms with Gasteiger partial charge in [0.15, 0.2) is 11.5 Å². The number of ether oxygens (including phenoxy) is 2. The van der Waals surface area contributed by atoms with Crippen LogP contribution in [0.25, 0.3) is 16.8 Å². The third-order valence-corrected chi connectivity index (χ3v) is 6.63. The molecule has 2 heterocycles. The monoisotopic (exact) mass is 535 g/mol. The molecule has 0 spiro atoms. The van der Waals surface area contributed by atoms with Gasteiger partial charge >= 0.3 is 0 Å². The van der Waals surface area contributed by atoms with Gasteiger partial charge in [0.05, 0.1) is 24.3 Å². The van der Waals surface area contributed by atoms with Crippen molar-refractivity contribution in [1.29, 1.82) is 0 Å². The molecule has 1 saturated heterocycles. The number of hydrogen-bond acceptors (Lipinski definition) is 7. The lowest BCUT2D eigenvalue weighted by Crippen LogP contribution is -2.27. The van der Waals surface area contributed by atoms with Crippen LogP contribution in [0.5, 0.6) is 17.4 Å². The lowest BCUT2D eigenvalue weighted by molar-refractivity contribution is -0.123. The Morgan fingerprint density at radius 3 is 2.73 bits per heavy atom. The van der Waals surface area contributed by atoms with E-state index in [-0.39, 0.29) is 39.5 Å². The summed E-state index contributed by atoms with van der Waals surface area (Å²) in [5, 5.41) is 1.53. The number of fused-ring (bicyclic) bond motifs is 1. The van der Waals surface area contributed by atoms with Gasteiger partial charge in [0, 0.05) is 0 Å². The van der Waals surface area contributed by atoms with Crippen molar-refractivity contribution in [2.75, 3.05) is 6.61 Å². The van der Waals surface area contributed by atoms with Crippen LogP contribution in [-0.4, -0.2) is 32.6 Å². The standard InChI is InChI=1S/C27H19ClFN3O4S/c1-2-35-22-12-16(10-11-21(22)36-24-20(29)14-30-26(28)31-24)13-23-25(33)32(27(34)37-23)15-18-8-5-7-17-6-3-4-9-19(17)18/h3-14H,2,15H2,1H3/b23-13+. The highest BCUT2D eigenvalue weighted by Gasteiger charge is 2.35. The SMILES string of the molecule is CCOc1cc(/C=C2/SC(=O)N(Cc3cccc4ccccc34)C2=O)ccc1Oc1nc(Cl)ncc1F. The van der Waals surface area contributed by atoms with Gasteiger partial charge in [-0.1, -0.05) is 48.5 Å². The number of aromatic nitrogens is 2. The van der Waals surface area contributed by atoms with Crippen molar-refractivity contribution in [1.82, 2.24) is 14.9 Å². The van der Waals surface area contributed by atoms with E-state index in [0.29, 0.717) is 17.9 Å². The van der Waals surface area contributed by atoms with Gasteiger partial charge in [-0.05, 0) is 70.4 Å². The first-order chi connectivity index (χ1) is 17.9. The number of amides is 2. The van der Waals surface area contributed by atoms with Crippen LogP contribution < -0.4 is 9.47 Å². The van der Waals surface area contributed by atoms with Crippen LogP contribution >= 0.6 is 23.4 Å². The van der Waals surface area contributed by atoms with Crippen molar-refractivity contribution in [3.63, 3.8) is 0 Å². The van der Waals surface area contributed by atoms with Crippen molar-refractivity contribution >= 4 is 51.4 Å². The Morgan fingerprint density at radius 1 is 1.08 bits per heavy atom. The second kappa shape index (κ2) is 10.6. The molecule has 1 aliphatic rings. The highest BCUT2D eigenvalue weighted by molar-refractivity contribution is 8.18. The van der Waals surface area contributed by atoms with E-state index in [9.17, 15) is 14.0 Å². The normalized spacial score (nSPS) is 14.6. The second-order valence-electron chi connectivity index (χ2n) is 7.94. The quantitative estimate of drug-likeness (QED) is 0.189. The topological polar surface area (TPSA) is 81.6 Å². The predicted octanol–water partition coefficient (Wildman–Crippen LogP) is 6.85. The number of imide groups is 1. The Balaban J connectivity index is 1.40. The number of rotatable bonds is 7. The van der Waals surface area contributed by atoms with E-state index in [1.807, 2.05) is 42.5 Å². The summed E-state index contributed by atoms with van der Waals surface area (Å²) >= 11 is 6.62. The average molecular weight is 536 g/mol. The molecule has 2 amide bonds. The van der Waals surface area contributed by atoms with Gasteiger partial charge < -0.3 is 9.47 Å². The maximum absolute atomic E-state index is 14.0. The Bertz CT molecular complexity index is 1560. The van der Waals surface area contributed by atoms with Gasteiger partial charge in [-0.3, -0.25) is 14.5 Å². The summed E-state index contributed by atoms with van der Waals surface area (Å²) in [5.41, 5.74) is 1.49. The van der Waals surface area contributed by atoms with E-state index >= 15 is 0 Å². The lowest BCUT2D eigenvalue weighted by atomic mass is 10.0. The van der Waals surface area contributed by atoms with E-state index < -0.39 is 5.82 Å². The Hall–Kier alpha value is -3.95. The molecule has 5 rings (SSSR count). The maximum Gasteiger partial charge on any atom is 0.293 e. The predicted molar refractivity (Wildman–Crippen MR) is 140 cm³/mol. The molecule has 1 fully saturated rings. The van der Waals surface area contributed by atoms with Crippen LogP contribution in [0.1, 0.15) is 18.1 Å². The largest absolute Gasteiger partial charge is 0.490 e. The molecular formula is C27H19ClFN3O4S. The summed E-state index contributed by atoms with van der Waals surface area (Å²) in [6.07, 6.45) is 2.52. The molecule has 37 heavy (non-hydrogen) atoms. The lowest BCUT2D eigenvalue weighted by Gasteiger charge is -2.14. The van der Waals surface area contributed by atoms with Crippen molar-refractivity contribution in [3.05, 3.63) is 94.0 Å². The zero-order valence-corrected chi connectivity index (χ0v) is 21.1. The number of carbonyl (C=O) groups is 2. The fraction of sp³-hybridized carbons (Fsp3) is 0.111. The van der Waals surface area contributed by atoms with Crippen molar-refractivity contribution in [3.8, 4) is 17.4 Å². The highest BCUT2D eigenvalue weighted by atomic mass is 35.5. The van der Waals surface area contributed by atoms with Gasteiger partial charge in [0.25, 0.3) is 17.0 Å². The fourth-order valence-electron chi connectivity index (χ4n) is 3.86. The van der Waals surface area contributed by atoms with Gasteiger partial charge in [-0.2, -0.15) is 9.37 Å². The first kappa shape index (κ1) is 24.7. The third-order valence-electron chi connectivity index (χ3n) is 5.54. The number of benzene rings is 3. The van der Waals surface area contributed by atoms with Crippen LogP contribution in [0, 0.1) is 5.82 Å². The molecule has 186 valence electrons. The second-order valence-corrected chi connectivity index (χ2v) is 9.27. The molecule has 0 aliphatic carbocycles. The number of nitrogens with zero attached hydrogens (tertiary/aromatic N) is 3. The van der Waals surface area contributed by atoms with Gasteiger partial charge in [-0.15, -0.1) is 0 Å². The molecule has 0 unspecified atom stereocenters. The minimum atomic E-state index is -0.782. The summed E-state index contributed by atoms with van der Waals surface area (Å²) in [4.78, 5) is 34.7. The smallest absolute Gasteiger partial charge is 0.293 e. The summed E-state index contributed by atoms with van der Waals surface area (Å²) in [6, 6.07) is 18.5. The molecule has 3 aromatic carbocycles. The van der Waals surface area contributed by atoms with Crippen molar-refractivity contribution < 1.29 is 23.5 Å². The summed E-state index contributed by atoms with van der Waals surface area (Å²) in [6.45, 7) is 2.28. The van der Waals surface area contributed by atoms with E-state index in [4.69, 9.17) is 21.1 Å². The zero-order valence-electron chi connectivity index (χ0n) is 19.5. The molecule has 0 N–H and O–H groups in total. The average Bonchev–Trinajstić information content (AvgIpc) is 3.15. The number of hydrogen-bond donors (Lipinski definition) is 0. The molecule has 10 heteroatoms. The number of halogens is 2. The fourth-order valence-corrected chi connectivity index (χ4v) is 4.83. The van der Waals surface area contributed by atoms with E-state index in [1.165, 1.54) is 4.90 Å². The maximum atomic E-state index is 14.0. The molecular weight excluding hydrogens is 517 g/mol. The van der Waals surface area contributed by atoms with Crippen LogP contribution in [0.15, 0.2) is 71.8 Å². The molecule has 1 aliphatic heterocycles. The molecule has 0 bridgehead atoms. The third kappa shape index (κ3) is 5.28. The van der Waals surface area contributed by atoms with Gasteiger partial charge in [0.2, 0.25) is 11.1 Å². The van der Waals surface area contributed by atoms with Crippen LogP contribution in [0.2, 0.25) is 5.28 Å². The van der Waals surface area contributed by atoms with Crippen molar-refractivity contribution in [2.24, 2.45) is 0 Å². The molecule has 1 aromatic heterocycles. The Kier molecular flexibility index (Phi) is 7.07. The molecule has 7 nitrogen and oxygen atoms in total. The number of thioether (sulfide) groups is 1. The van der Waals surface area contributed by atoms with Gasteiger partial charge in [-0.25, -0.2) is 4.98 Å². The van der Waals surface area contributed by atoms with Crippen LogP contribution in [-0.2, 0) is 11.3 Å². The molecule has 0 saturated carbocycles. The minimum Gasteiger partial charge on any atom is -0.490 e. The van der Waals surface area contributed by atoms with Gasteiger partial charge in [0.1, 0.15) is 0 Å². The Morgan fingerprint density at radius 2 is 1.89 bits per heavy atom. The summed E-state index contributed by atoms with van der Waals surface area (Å²) in [5.74, 6) is -0.991. The summed E-state index contributed by atoms with van der Waals surface area (Å²) < 4.78 is 25.3. The minimum absolute atomic E-state index is 0.162. The van der Waals surface area contributed by atoms with E-state index in [2.05, 4.69) is 9.97 Å². The number of carbonyl (C=O) groups excluding carboxylic acids is 2. The van der Waals surface area contributed by atoms with E-state index in [0.717, 1.165) is 34.3 Å². The molecule has 4 aromatic rings.